The summed E-state index contributed by atoms with van der Waals surface area (Å²) >= 11 is 0. The SMILES string of the molecule is COc1cccc(NC(=O)c2cc(NC3CCCC3)nc(-c3ccccc3)n2)c1. The summed E-state index contributed by atoms with van der Waals surface area (Å²) in [5.41, 5.74) is 1.85. The second-order valence-corrected chi connectivity index (χ2v) is 7.14. The van der Waals surface area contributed by atoms with Crippen molar-refractivity contribution in [1.82, 2.24) is 9.97 Å². The Hall–Kier alpha value is -3.41. The van der Waals surface area contributed by atoms with Gasteiger partial charge in [-0.05, 0) is 25.0 Å². The normalized spacial score (nSPS) is 13.8. The molecule has 0 radical (unpaired) electrons. The maximum absolute atomic E-state index is 12.9. The number of aromatic nitrogens is 2. The molecule has 0 unspecified atom stereocenters. The number of anilines is 2. The van der Waals surface area contributed by atoms with Crippen LogP contribution in [0.4, 0.5) is 11.5 Å². The number of nitrogens with one attached hydrogen (secondary N) is 2. The second kappa shape index (κ2) is 8.73. The lowest BCUT2D eigenvalue weighted by atomic mass is 10.2. The zero-order valence-electron chi connectivity index (χ0n) is 16.4. The highest BCUT2D eigenvalue weighted by Crippen LogP contribution is 2.24. The quantitative estimate of drug-likeness (QED) is 0.637. The average Bonchev–Trinajstić information content (AvgIpc) is 3.27. The lowest BCUT2D eigenvalue weighted by molar-refractivity contribution is 0.102. The van der Waals surface area contributed by atoms with E-state index >= 15 is 0 Å². The second-order valence-electron chi connectivity index (χ2n) is 7.14. The van der Waals surface area contributed by atoms with Gasteiger partial charge in [-0.3, -0.25) is 4.79 Å². The van der Waals surface area contributed by atoms with E-state index in [9.17, 15) is 4.79 Å². The summed E-state index contributed by atoms with van der Waals surface area (Å²) in [4.78, 5) is 22.1. The number of amides is 1. The minimum absolute atomic E-state index is 0.285. The fourth-order valence-corrected chi connectivity index (χ4v) is 3.53. The number of benzene rings is 2. The van der Waals surface area contributed by atoms with Crippen molar-refractivity contribution in [3.8, 4) is 17.1 Å². The molecule has 0 atom stereocenters. The van der Waals surface area contributed by atoms with Crippen LogP contribution in [0.3, 0.4) is 0 Å². The van der Waals surface area contributed by atoms with Crippen LogP contribution in [0.2, 0.25) is 0 Å². The van der Waals surface area contributed by atoms with E-state index in [2.05, 4.69) is 20.6 Å². The first-order valence-corrected chi connectivity index (χ1v) is 9.88. The summed E-state index contributed by atoms with van der Waals surface area (Å²) in [5.74, 6) is 1.61. The third kappa shape index (κ3) is 4.71. The molecule has 2 aromatic carbocycles. The molecule has 0 spiro atoms. The number of methoxy groups -OCH3 is 1. The van der Waals surface area contributed by atoms with E-state index in [1.807, 2.05) is 48.5 Å². The Kier molecular flexibility index (Phi) is 5.70. The van der Waals surface area contributed by atoms with Crippen molar-refractivity contribution in [2.24, 2.45) is 0 Å². The molecule has 148 valence electrons. The Balaban J connectivity index is 1.64. The highest BCUT2D eigenvalue weighted by molar-refractivity contribution is 6.03. The lowest BCUT2D eigenvalue weighted by Gasteiger charge is -2.15. The van der Waals surface area contributed by atoms with Crippen molar-refractivity contribution in [2.75, 3.05) is 17.7 Å². The molecule has 1 aliphatic carbocycles. The van der Waals surface area contributed by atoms with Crippen molar-refractivity contribution in [1.29, 1.82) is 0 Å². The summed E-state index contributed by atoms with van der Waals surface area (Å²) in [6.07, 6.45) is 4.68. The Bertz CT molecular complexity index is 985. The fraction of sp³-hybridized carbons (Fsp3) is 0.261. The summed E-state index contributed by atoms with van der Waals surface area (Å²) in [7, 11) is 1.60. The Morgan fingerprint density at radius 2 is 1.79 bits per heavy atom. The summed E-state index contributed by atoms with van der Waals surface area (Å²) < 4.78 is 5.23. The number of ether oxygens (including phenoxy) is 1. The predicted octanol–water partition coefficient (Wildman–Crippen LogP) is 4.76. The molecule has 0 saturated heterocycles. The van der Waals surface area contributed by atoms with Crippen LogP contribution in [0, 0.1) is 0 Å². The molecule has 0 bridgehead atoms. The van der Waals surface area contributed by atoms with Gasteiger partial charge in [-0.1, -0.05) is 49.2 Å². The van der Waals surface area contributed by atoms with Crippen LogP contribution in [-0.4, -0.2) is 29.0 Å². The van der Waals surface area contributed by atoms with Gasteiger partial charge in [-0.2, -0.15) is 0 Å². The first kappa shape index (κ1) is 18.9. The van der Waals surface area contributed by atoms with Crippen LogP contribution in [-0.2, 0) is 0 Å². The van der Waals surface area contributed by atoms with E-state index in [4.69, 9.17) is 4.74 Å². The van der Waals surface area contributed by atoms with Gasteiger partial charge >= 0.3 is 0 Å². The van der Waals surface area contributed by atoms with E-state index in [0.717, 1.165) is 18.4 Å². The van der Waals surface area contributed by atoms with Gasteiger partial charge in [0, 0.05) is 29.4 Å². The van der Waals surface area contributed by atoms with E-state index in [-0.39, 0.29) is 5.91 Å². The third-order valence-electron chi connectivity index (χ3n) is 5.03. The summed E-state index contributed by atoms with van der Waals surface area (Å²) in [5, 5.41) is 6.37. The largest absolute Gasteiger partial charge is 0.497 e. The molecular formula is C23H24N4O2. The van der Waals surface area contributed by atoms with Crippen LogP contribution in [0.15, 0.2) is 60.7 Å². The third-order valence-corrected chi connectivity index (χ3v) is 5.03. The van der Waals surface area contributed by atoms with E-state index in [1.165, 1.54) is 12.8 Å². The molecule has 29 heavy (non-hydrogen) atoms. The number of carbonyl (C=O) groups excluding carboxylic acids is 1. The molecule has 1 fully saturated rings. The zero-order chi connectivity index (χ0) is 20.1. The Morgan fingerprint density at radius 3 is 2.55 bits per heavy atom. The zero-order valence-corrected chi connectivity index (χ0v) is 16.4. The van der Waals surface area contributed by atoms with Gasteiger partial charge in [0.1, 0.15) is 17.3 Å². The van der Waals surface area contributed by atoms with Crippen molar-refractivity contribution in [3.05, 3.63) is 66.4 Å². The van der Waals surface area contributed by atoms with Gasteiger partial charge in [0.25, 0.3) is 5.91 Å². The van der Waals surface area contributed by atoms with Gasteiger partial charge in [-0.25, -0.2) is 9.97 Å². The molecule has 3 aromatic rings. The topological polar surface area (TPSA) is 76.1 Å². The van der Waals surface area contributed by atoms with Crippen molar-refractivity contribution < 1.29 is 9.53 Å². The monoisotopic (exact) mass is 388 g/mol. The van der Waals surface area contributed by atoms with Gasteiger partial charge in [0.15, 0.2) is 5.82 Å². The maximum Gasteiger partial charge on any atom is 0.274 e. The number of hydrogen-bond donors (Lipinski definition) is 2. The molecule has 1 aliphatic rings. The highest BCUT2D eigenvalue weighted by Gasteiger charge is 2.18. The molecule has 1 aromatic heterocycles. The highest BCUT2D eigenvalue weighted by atomic mass is 16.5. The fourth-order valence-electron chi connectivity index (χ4n) is 3.53. The standard InChI is InChI=1S/C23H24N4O2/c1-29-19-13-7-12-18(14-19)25-23(28)20-15-21(24-17-10-5-6-11-17)27-22(26-20)16-8-3-2-4-9-16/h2-4,7-9,12-15,17H,5-6,10-11H2,1H3,(H,25,28)(H,24,26,27). The number of rotatable bonds is 6. The molecule has 2 N–H and O–H groups in total. The predicted molar refractivity (Wildman–Crippen MR) is 114 cm³/mol. The van der Waals surface area contributed by atoms with E-state index in [0.29, 0.717) is 34.8 Å². The molecule has 1 amide bonds. The Labute approximate surface area is 170 Å². The van der Waals surface area contributed by atoms with Gasteiger partial charge in [0.05, 0.1) is 7.11 Å². The summed E-state index contributed by atoms with van der Waals surface area (Å²) in [6, 6.07) is 19.1. The maximum atomic E-state index is 12.9. The smallest absolute Gasteiger partial charge is 0.274 e. The first-order valence-electron chi connectivity index (χ1n) is 9.88. The number of nitrogens with zero attached hydrogens (tertiary/aromatic N) is 2. The molecule has 6 heteroatoms. The molecule has 1 heterocycles. The first-order chi connectivity index (χ1) is 14.2. The molecule has 0 aliphatic heterocycles. The van der Waals surface area contributed by atoms with Gasteiger partial charge in [-0.15, -0.1) is 0 Å². The van der Waals surface area contributed by atoms with Gasteiger partial charge < -0.3 is 15.4 Å². The number of hydrogen-bond acceptors (Lipinski definition) is 5. The van der Waals surface area contributed by atoms with Crippen molar-refractivity contribution in [2.45, 2.75) is 31.7 Å². The Morgan fingerprint density at radius 1 is 1.00 bits per heavy atom. The minimum atomic E-state index is -0.285. The van der Waals surface area contributed by atoms with Crippen LogP contribution in [0.5, 0.6) is 5.75 Å². The lowest BCUT2D eigenvalue weighted by Crippen LogP contribution is -2.19. The average molecular weight is 388 g/mol. The summed E-state index contributed by atoms with van der Waals surface area (Å²) in [6.45, 7) is 0. The van der Waals surface area contributed by atoms with E-state index in [1.54, 1.807) is 19.2 Å². The van der Waals surface area contributed by atoms with Crippen molar-refractivity contribution in [3.63, 3.8) is 0 Å². The van der Waals surface area contributed by atoms with Crippen LogP contribution < -0.4 is 15.4 Å². The van der Waals surface area contributed by atoms with E-state index < -0.39 is 0 Å². The van der Waals surface area contributed by atoms with Crippen LogP contribution >= 0.6 is 0 Å². The van der Waals surface area contributed by atoms with Gasteiger partial charge in [0.2, 0.25) is 0 Å². The number of carbonyl (C=O) groups is 1. The molecule has 1 saturated carbocycles. The molecule has 4 rings (SSSR count). The molecular weight excluding hydrogens is 364 g/mol. The van der Waals surface area contributed by atoms with Crippen molar-refractivity contribution >= 4 is 17.4 Å². The van der Waals surface area contributed by atoms with Crippen LogP contribution in [0.25, 0.3) is 11.4 Å². The minimum Gasteiger partial charge on any atom is -0.497 e. The van der Waals surface area contributed by atoms with Crippen LogP contribution in [0.1, 0.15) is 36.2 Å². The molecule has 6 nitrogen and oxygen atoms in total.